The van der Waals surface area contributed by atoms with E-state index in [1.165, 1.54) is 24.8 Å². The van der Waals surface area contributed by atoms with E-state index in [9.17, 15) is 5.11 Å². The Balaban J connectivity index is 2.25. The lowest BCUT2D eigenvalue weighted by atomic mass is 10.0. The van der Waals surface area contributed by atoms with Gasteiger partial charge in [0.15, 0.2) is 0 Å². The highest BCUT2D eigenvalue weighted by molar-refractivity contribution is 5.38. The Morgan fingerprint density at radius 1 is 1.33 bits per heavy atom. The van der Waals surface area contributed by atoms with Gasteiger partial charge in [0.2, 0.25) is 0 Å². The normalized spacial score (nSPS) is 24.2. The first-order valence-corrected chi connectivity index (χ1v) is 8.26. The van der Waals surface area contributed by atoms with Crippen LogP contribution in [0.25, 0.3) is 0 Å². The zero-order valence-electron chi connectivity index (χ0n) is 13.8. The molecule has 1 aliphatic heterocycles. The smallest absolute Gasteiger partial charge is 0.123 e. The van der Waals surface area contributed by atoms with Crippen LogP contribution in [-0.4, -0.2) is 28.7 Å². The highest BCUT2D eigenvalue weighted by Crippen LogP contribution is 2.31. The van der Waals surface area contributed by atoms with Gasteiger partial charge in [-0.2, -0.15) is 0 Å². The molecule has 0 aromatic heterocycles. The second-order valence-corrected chi connectivity index (χ2v) is 6.14. The third kappa shape index (κ3) is 3.78. The van der Waals surface area contributed by atoms with Gasteiger partial charge in [-0.25, -0.2) is 0 Å². The molecule has 0 spiro atoms. The number of hydrogen-bond acceptors (Lipinski definition) is 3. The van der Waals surface area contributed by atoms with Crippen molar-refractivity contribution in [2.75, 3.05) is 6.61 Å². The Morgan fingerprint density at radius 3 is 2.71 bits per heavy atom. The fraction of sp³-hybridized carbons (Fsp3) is 0.667. The van der Waals surface area contributed by atoms with E-state index in [-0.39, 0.29) is 0 Å². The van der Waals surface area contributed by atoms with E-state index in [0.29, 0.717) is 18.7 Å². The lowest BCUT2D eigenvalue weighted by Crippen LogP contribution is -2.33. The summed E-state index contributed by atoms with van der Waals surface area (Å²) in [5.41, 5.74) is 2.16. The summed E-state index contributed by atoms with van der Waals surface area (Å²) < 4.78 is 5.78. The molecule has 1 aromatic rings. The van der Waals surface area contributed by atoms with Crippen LogP contribution in [-0.2, 0) is 6.54 Å². The second-order valence-electron chi connectivity index (χ2n) is 6.14. The second kappa shape index (κ2) is 7.28. The first kappa shape index (κ1) is 16.3. The van der Waals surface area contributed by atoms with Gasteiger partial charge < -0.3 is 9.84 Å². The minimum absolute atomic E-state index is 0.433. The maximum atomic E-state index is 9.83. The Bertz CT molecular complexity index is 459. The van der Waals surface area contributed by atoms with Gasteiger partial charge in [0, 0.05) is 24.2 Å². The maximum absolute atomic E-state index is 9.83. The first-order chi connectivity index (χ1) is 10.1. The van der Waals surface area contributed by atoms with Crippen molar-refractivity contribution in [3.8, 4) is 5.75 Å². The largest absolute Gasteiger partial charge is 0.494 e. The Labute approximate surface area is 128 Å². The van der Waals surface area contributed by atoms with E-state index in [4.69, 9.17) is 4.74 Å². The Kier molecular flexibility index (Phi) is 5.65. The first-order valence-electron chi connectivity index (χ1n) is 8.26. The number of likely N-dealkylation sites (tertiary alicyclic amines) is 1. The summed E-state index contributed by atoms with van der Waals surface area (Å²) in [6.07, 6.45) is 3.33. The van der Waals surface area contributed by atoms with Crippen LogP contribution in [0.1, 0.15) is 64.2 Å². The van der Waals surface area contributed by atoms with Crippen molar-refractivity contribution in [3.63, 3.8) is 0 Å². The number of hydrogen-bond donors (Lipinski definition) is 1. The molecule has 1 aliphatic rings. The van der Waals surface area contributed by atoms with Crippen LogP contribution < -0.4 is 4.74 Å². The van der Waals surface area contributed by atoms with Crippen LogP contribution in [0.4, 0.5) is 0 Å². The molecule has 1 saturated heterocycles. The quantitative estimate of drug-likeness (QED) is 0.862. The summed E-state index contributed by atoms with van der Waals surface area (Å²) in [5.74, 6) is 0.954. The molecule has 3 heteroatoms. The minimum atomic E-state index is -0.433. The lowest BCUT2D eigenvalue weighted by Gasteiger charge is -2.28. The van der Waals surface area contributed by atoms with Crippen molar-refractivity contribution >= 4 is 0 Å². The molecule has 3 unspecified atom stereocenters. The fourth-order valence-corrected chi connectivity index (χ4v) is 3.32. The summed E-state index contributed by atoms with van der Waals surface area (Å²) in [5, 5.41) is 9.83. The van der Waals surface area contributed by atoms with Crippen LogP contribution in [0.2, 0.25) is 0 Å². The van der Waals surface area contributed by atoms with Crippen molar-refractivity contribution in [1.82, 2.24) is 4.90 Å². The number of ether oxygens (including phenoxy) is 1. The van der Waals surface area contributed by atoms with Gasteiger partial charge in [0.25, 0.3) is 0 Å². The molecule has 2 rings (SSSR count). The van der Waals surface area contributed by atoms with Crippen molar-refractivity contribution in [2.45, 2.75) is 71.7 Å². The molecule has 1 fully saturated rings. The van der Waals surface area contributed by atoms with E-state index < -0.39 is 6.10 Å². The molecule has 0 radical (unpaired) electrons. The molecule has 1 aromatic carbocycles. The van der Waals surface area contributed by atoms with Crippen molar-refractivity contribution in [3.05, 3.63) is 29.3 Å². The van der Waals surface area contributed by atoms with E-state index in [1.54, 1.807) is 0 Å². The third-order valence-electron chi connectivity index (χ3n) is 4.64. The predicted molar refractivity (Wildman–Crippen MR) is 86.6 cm³/mol. The summed E-state index contributed by atoms with van der Waals surface area (Å²) in [6, 6.07) is 7.36. The molecule has 1 N–H and O–H groups in total. The highest BCUT2D eigenvalue weighted by atomic mass is 16.5. The Morgan fingerprint density at radius 2 is 2.10 bits per heavy atom. The number of aliphatic hydroxyl groups is 1. The molecule has 21 heavy (non-hydrogen) atoms. The average Bonchev–Trinajstić information content (AvgIpc) is 2.81. The molecule has 0 amide bonds. The molecule has 0 bridgehead atoms. The van der Waals surface area contributed by atoms with Crippen LogP contribution >= 0.6 is 0 Å². The molecule has 1 heterocycles. The number of benzene rings is 1. The van der Waals surface area contributed by atoms with Gasteiger partial charge >= 0.3 is 0 Å². The van der Waals surface area contributed by atoms with Crippen molar-refractivity contribution < 1.29 is 9.84 Å². The topological polar surface area (TPSA) is 32.7 Å². The fourth-order valence-electron chi connectivity index (χ4n) is 3.32. The molecular weight excluding hydrogens is 262 g/mol. The highest BCUT2D eigenvalue weighted by Gasteiger charge is 2.29. The summed E-state index contributed by atoms with van der Waals surface area (Å²) >= 11 is 0. The average molecular weight is 291 g/mol. The zero-order valence-corrected chi connectivity index (χ0v) is 13.8. The number of aliphatic hydroxyl groups excluding tert-OH is 1. The van der Waals surface area contributed by atoms with Gasteiger partial charge in [-0.3, -0.25) is 4.90 Å². The predicted octanol–water partition coefficient (Wildman–Crippen LogP) is 3.90. The summed E-state index contributed by atoms with van der Waals surface area (Å²) in [7, 11) is 0. The Hall–Kier alpha value is -1.06. The number of rotatable bonds is 6. The summed E-state index contributed by atoms with van der Waals surface area (Å²) in [4.78, 5) is 2.59. The monoisotopic (exact) mass is 291 g/mol. The van der Waals surface area contributed by atoms with Gasteiger partial charge in [-0.15, -0.1) is 0 Å². The van der Waals surface area contributed by atoms with Crippen molar-refractivity contribution in [1.29, 1.82) is 0 Å². The van der Waals surface area contributed by atoms with Gasteiger partial charge in [-0.05, 0) is 57.7 Å². The molecule has 3 nitrogen and oxygen atoms in total. The zero-order chi connectivity index (χ0) is 15.4. The van der Waals surface area contributed by atoms with Gasteiger partial charge in [-0.1, -0.05) is 13.0 Å². The van der Waals surface area contributed by atoms with Gasteiger partial charge in [0.05, 0.1) is 12.7 Å². The molecular formula is C18H29NO2. The van der Waals surface area contributed by atoms with E-state index in [0.717, 1.165) is 17.9 Å². The molecule has 0 saturated carbocycles. The SMILES string of the molecule is CCOc1ccc(C(C)O)cc1CN1C(C)CCC1CC. The van der Waals surface area contributed by atoms with E-state index in [1.807, 2.05) is 26.0 Å². The van der Waals surface area contributed by atoms with Crippen LogP contribution in [0.3, 0.4) is 0 Å². The maximum Gasteiger partial charge on any atom is 0.123 e. The van der Waals surface area contributed by atoms with Crippen molar-refractivity contribution in [2.24, 2.45) is 0 Å². The van der Waals surface area contributed by atoms with Crippen LogP contribution in [0.5, 0.6) is 5.75 Å². The molecule has 0 aliphatic carbocycles. The third-order valence-corrected chi connectivity index (χ3v) is 4.64. The standard InChI is InChI=1S/C18H29NO2/c1-5-17-9-7-13(3)19(17)12-16-11-15(14(4)20)8-10-18(16)21-6-2/h8,10-11,13-14,17,20H,5-7,9,12H2,1-4H3. The molecule has 118 valence electrons. The van der Waals surface area contributed by atoms with Gasteiger partial charge in [0.1, 0.15) is 5.75 Å². The van der Waals surface area contributed by atoms with Crippen LogP contribution in [0.15, 0.2) is 18.2 Å². The molecule has 3 atom stereocenters. The van der Waals surface area contributed by atoms with Crippen LogP contribution in [0, 0.1) is 0 Å². The minimum Gasteiger partial charge on any atom is -0.494 e. The lowest BCUT2D eigenvalue weighted by molar-refractivity contribution is 0.184. The van der Waals surface area contributed by atoms with E-state index >= 15 is 0 Å². The number of nitrogens with zero attached hydrogens (tertiary/aromatic N) is 1. The van der Waals surface area contributed by atoms with E-state index in [2.05, 4.69) is 24.8 Å². The summed E-state index contributed by atoms with van der Waals surface area (Å²) in [6.45, 7) is 10.00.